The number of quaternary nitrogens is 1. The number of nitrogens with one attached hydrogen (secondary N) is 1. The molecule has 1 N–H and O–H groups in total. The Morgan fingerprint density at radius 3 is 1.56 bits per heavy atom. The average Bonchev–Trinajstić information content (AvgIpc) is 2.62. The van der Waals surface area contributed by atoms with Crippen LogP contribution in [-0.2, 0) is 6.18 Å². The summed E-state index contributed by atoms with van der Waals surface area (Å²) in [5.41, 5.74) is 0.509. The Morgan fingerprint density at radius 2 is 1.16 bits per heavy atom. The van der Waals surface area contributed by atoms with Crippen LogP contribution >= 0.6 is 0 Å². The molecule has 1 aromatic rings. The van der Waals surface area contributed by atoms with Gasteiger partial charge in [0.2, 0.25) is 0 Å². The van der Waals surface area contributed by atoms with E-state index in [0.29, 0.717) is 0 Å². The van der Waals surface area contributed by atoms with Gasteiger partial charge in [-0.3, -0.25) is 0 Å². The van der Waals surface area contributed by atoms with Crippen molar-refractivity contribution in [2.24, 2.45) is 11.8 Å². The van der Waals surface area contributed by atoms with Crippen LogP contribution in [0.5, 0.6) is 0 Å². The molecular weight excluding hydrogens is 323 g/mol. The van der Waals surface area contributed by atoms with Crippen molar-refractivity contribution in [3.63, 3.8) is 0 Å². The number of hydrogen-bond donors (Lipinski definition) is 1. The highest BCUT2D eigenvalue weighted by Gasteiger charge is 2.31. The highest BCUT2D eigenvalue weighted by Crippen LogP contribution is 2.30. The molecule has 1 nitrogen and oxygen atoms in total. The van der Waals surface area contributed by atoms with Crippen molar-refractivity contribution in [2.45, 2.75) is 70.4 Å². The highest BCUT2D eigenvalue weighted by molar-refractivity contribution is 5.33. The van der Waals surface area contributed by atoms with Crippen molar-refractivity contribution in [1.29, 1.82) is 0 Å². The lowest BCUT2D eigenvalue weighted by Crippen LogP contribution is -3.08. The number of halogens is 3. The molecule has 140 valence electrons. The van der Waals surface area contributed by atoms with Crippen molar-refractivity contribution in [3.8, 4) is 0 Å². The molecule has 25 heavy (non-hydrogen) atoms. The second-order valence-electron chi connectivity index (χ2n) is 8.09. The monoisotopic (exact) mass is 354 g/mol. The predicted octanol–water partition coefficient (Wildman–Crippen LogP) is 5.38. The van der Waals surface area contributed by atoms with Gasteiger partial charge >= 0.3 is 6.18 Å². The third-order valence-electron chi connectivity index (χ3n) is 6.14. The molecule has 0 heterocycles. The minimum absolute atomic E-state index is 0.536. The topological polar surface area (TPSA) is 4.44 Å². The molecule has 0 bridgehead atoms. The van der Waals surface area contributed by atoms with E-state index in [0.717, 1.165) is 30.6 Å². The van der Waals surface area contributed by atoms with Crippen molar-refractivity contribution in [1.82, 2.24) is 0 Å². The number of rotatable bonds is 5. The van der Waals surface area contributed by atoms with Crippen LogP contribution in [0.15, 0.2) is 24.3 Å². The molecule has 0 spiro atoms. The largest absolute Gasteiger partial charge is 0.416 e. The lowest BCUT2D eigenvalue weighted by molar-refractivity contribution is -0.841. The van der Waals surface area contributed by atoms with Crippen LogP contribution in [0.2, 0.25) is 0 Å². The van der Waals surface area contributed by atoms with Crippen LogP contribution in [0.25, 0.3) is 0 Å². The van der Waals surface area contributed by atoms with Crippen LogP contribution in [0.1, 0.15) is 69.8 Å². The molecular formula is C21H31F3N+. The lowest BCUT2D eigenvalue weighted by atomic mass is 9.86. The summed E-state index contributed by atoms with van der Waals surface area (Å²) in [5, 5.41) is 0. The predicted molar refractivity (Wildman–Crippen MR) is 95.0 cm³/mol. The van der Waals surface area contributed by atoms with Crippen LogP contribution in [-0.4, -0.2) is 13.1 Å². The fraction of sp³-hybridized carbons (Fsp3) is 0.714. The highest BCUT2D eigenvalue weighted by atomic mass is 19.4. The first-order chi connectivity index (χ1) is 12.0. The van der Waals surface area contributed by atoms with E-state index >= 15 is 0 Å². The summed E-state index contributed by atoms with van der Waals surface area (Å²) in [6.07, 6.45) is 8.84. The minimum atomic E-state index is -4.24. The summed E-state index contributed by atoms with van der Waals surface area (Å²) in [5.74, 6) is 1.46. The number of benzene rings is 1. The maximum absolute atomic E-state index is 12.9. The Labute approximate surface area is 149 Å². The molecule has 1 aromatic carbocycles. The zero-order chi connectivity index (χ0) is 17.7. The summed E-state index contributed by atoms with van der Waals surface area (Å²) in [4.78, 5) is 1.41. The van der Waals surface area contributed by atoms with Gasteiger partial charge in [-0.2, -0.15) is 13.2 Å². The normalized spacial score (nSPS) is 21.0. The van der Waals surface area contributed by atoms with Gasteiger partial charge in [-0.15, -0.1) is 0 Å². The van der Waals surface area contributed by atoms with Crippen LogP contribution in [0, 0.1) is 11.8 Å². The van der Waals surface area contributed by atoms with Crippen molar-refractivity contribution in [3.05, 3.63) is 29.8 Å². The Morgan fingerprint density at radius 1 is 0.720 bits per heavy atom. The number of alkyl halides is 3. The van der Waals surface area contributed by atoms with Gasteiger partial charge in [-0.05, 0) is 49.9 Å². The molecule has 4 heteroatoms. The molecule has 2 saturated carbocycles. The molecule has 3 rings (SSSR count). The van der Waals surface area contributed by atoms with Gasteiger partial charge in [0.1, 0.15) is 5.69 Å². The zero-order valence-electron chi connectivity index (χ0n) is 15.1. The molecule has 0 atom stereocenters. The van der Waals surface area contributed by atoms with E-state index < -0.39 is 11.7 Å². The first-order valence-corrected chi connectivity index (χ1v) is 10.0. The second-order valence-corrected chi connectivity index (χ2v) is 8.09. The van der Waals surface area contributed by atoms with Crippen molar-refractivity contribution >= 4 is 5.69 Å². The third kappa shape index (κ3) is 5.47. The fourth-order valence-corrected chi connectivity index (χ4v) is 4.69. The van der Waals surface area contributed by atoms with Crippen LogP contribution in [0.3, 0.4) is 0 Å². The summed E-state index contributed by atoms with van der Waals surface area (Å²) in [6, 6.07) is 5.95. The molecule has 0 amide bonds. The van der Waals surface area contributed by atoms with Gasteiger partial charge in [0.15, 0.2) is 0 Å². The van der Waals surface area contributed by atoms with Gasteiger partial charge < -0.3 is 4.90 Å². The fourth-order valence-electron chi connectivity index (χ4n) is 4.69. The summed E-state index contributed by atoms with van der Waals surface area (Å²) in [7, 11) is 0. The smallest absolute Gasteiger partial charge is 0.302 e. The van der Waals surface area contributed by atoms with E-state index in [1.807, 2.05) is 0 Å². The van der Waals surface area contributed by atoms with Gasteiger partial charge in [0, 0.05) is 11.8 Å². The van der Waals surface area contributed by atoms with Gasteiger partial charge in [-0.25, -0.2) is 0 Å². The number of hydrogen-bond acceptors (Lipinski definition) is 0. The van der Waals surface area contributed by atoms with Crippen molar-refractivity contribution < 1.29 is 18.1 Å². The first-order valence-electron chi connectivity index (χ1n) is 10.0. The second kappa shape index (κ2) is 8.57. The Kier molecular flexibility index (Phi) is 6.43. The third-order valence-corrected chi connectivity index (χ3v) is 6.14. The van der Waals surface area contributed by atoms with E-state index in [1.54, 1.807) is 12.1 Å². The first kappa shape index (κ1) is 18.8. The average molecular weight is 354 g/mol. The van der Waals surface area contributed by atoms with E-state index in [-0.39, 0.29) is 0 Å². The van der Waals surface area contributed by atoms with Gasteiger partial charge in [0.05, 0.1) is 18.7 Å². The summed E-state index contributed by atoms with van der Waals surface area (Å²) >= 11 is 0. The maximum atomic E-state index is 12.9. The quantitative estimate of drug-likeness (QED) is 0.724. The molecule has 2 aliphatic carbocycles. The van der Waals surface area contributed by atoms with E-state index in [2.05, 4.69) is 0 Å². The molecule has 2 aliphatic rings. The molecule has 0 radical (unpaired) electrons. The Bertz CT molecular complexity index is 491. The SMILES string of the molecule is FC(F)(F)c1ccc([NH+](CC2CCCCC2)CC2CCCCC2)cc1. The molecule has 0 saturated heterocycles. The molecule has 2 fully saturated rings. The van der Waals surface area contributed by atoms with Gasteiger partial charge in [-0.1, -0.05) is 38.5 Å². The lowest BCUT2D eigenvalue weighted by Gasteiger charge is -2.31. The van der Waals surface area contributed by atoms with E-state index in [1.165, 1.54) is 81.2 Å². The Hall–Kier alpha value is -1.03. The summed E-state index contributed by atoms with van der Waals surface area (Å²) in [6.45, 7) is 2.17. The zero-order valence-corrected chi connectivity index (χ0v) is 15.1. The molecule has 0 unspecified atom stereocenters. The van der Waals surface area contributed by atoms with Gasteiger partial charge in [0.25, 0.3) is 0 Å². The Balaban J connectivity index is 1.71. The van der Waals surface area contributed by atoms with Crippen LogP contribution in [0.4, 0.5) is 18.9 Å². The molecule has 0 aliphatic heterocycles. The van der Waals surface area contributed by atoms with E-state index in [4.69, 9.17) is 0 Å². The maximum Gasteiger partial charge on any atom is 0.416 e. The molecule has 0 aromatic heterocycles. The van der Waals surface area contributed by atoms with Crippen molar-refractivity contribution in [2.75, 3.05) is 13.1 Å². The minimum Gasteiger partial charge on any atom is -0.302 e. The summed E-state index contributed by atoms with van der Waals surface area (Å²) < 4.78 is 38.6. The van der Waals surface area contributed by atoms with E-state index in [9.17, 15) is 13.2 Å². The standard InChI is InChI=1S/C21H30F3N/c22-21(23,24)19-11-13-20(14-12-19)25(15-17-7-3-1-4-8-17)16-18-9-5-2-6-10-18/h11-14,17-18H,1-10,15-16H2/p+1. The van der Waals surface area contributed by atoms with Crippen LogP contribution < -0.4 is 4.90 Å².